The minimum atomic E-state index is -4.84. The Morgan fingerprint density at radius 1 is 1.08 bits per heavy atom. The number of piperazine rings is 1. The SMILES string of the molecule is CC(COCCC(=O)N1CCN(c2ccc(C(F)(F)F)cn2)CC1)n1nc(C(F)(F)F)c2c(=O)[nH]ncc21. The van der Waals surface area contributed by atoms with Crippen LogP contribution in [0.2, 0.25) is 0 Å². The predicted octanol–water partition coefficient (Wildman–Crippen LogP) is 2.87. The normalized spacial score (nSPS) is 15.8. The van der Waals surface area contributed by atoms with Crippen LogP contribution >= 0.6 is 0 Å². The lowest BCUT2D eigenvalue weighted by atomic mass is 10.2. The van der Waals surface area contributed by atoms with Crippen molar-refractivity contribution < 1.29 is 35.9 Å². The van der Waals surface area contributed by atoms with E-state index in [-0.39, 0.29) is 31.1 Å². The van der Waals surface area contributed by atoms with Gasteiger partial charge in [0.15, 0.2) is 5.69 Å². The fourth-order valence-corrected chi connectivity index (χ4v) is 4.11. The largest absolute Gasteiger partial charge is 0.435 e. The average Bonchev–Trinajstić information content (AvgIpc) is 3.28. The number of ether oxygens (including phenoxy) is 1. The van der Waals surface area contributed by atoms with Gasteiger partial charge in [-0.1, -0.05) is 0 Å². The van der Waals surface area contributed by atoms with Gasteiger partial charge >= 0.3 is 12.4 Å². The van der Waals surface area contributed by atoms with E-state index in [1.807, 2.05) is 5.10 Å². The van der Waals surface area contributed by atoms with Crippen LogP contribution in [0.1, 0.15) is 30.6 Å². The van der Waals surface area contributed by atoms with E-state index in [9.17, 15) is 35.9 Å². The molecule has 3 aromatic rings. The molecular formula is C22H23F6N7O3. The van der Waals surface area contributed by atoms with Crippen molar-refractivity contribution in [3.05, 3.63) is 46.1 Å². The first-order valence-corrected chi connectivity index (χ1v) is 11.5. The standard InChI is InChI=1S/C22H23F6N7O3/c1-13(35-15-11-30-31-20(37)18(15)19(32-35)22(26,27)28)12-38-9-4-17(36)34-7-5-33(6-8-34)16-3-2-14(10-29-16)21(23,24)25/h2-3,10-11,13H,4-9,12H2,1H3,(H,31,37). The molecule has 0 spiro atoms. The molecule has 10 nitrogen and oxygen atoms in total. The number of fused-ring (bicyclic) bond motifs is 1. The maximum Gasteiger partial charge on any atom is 0.435 e. The summed E-state index contributed by atoms with van der Waals surface area (Å²) in [7, 11) is 0. The zero-order valence-electron chi connectivity index (χ0n) is 20.0. The van der Waals surface area contributed by atoms with Crippen LogP contribution in [0.25, 0.3) is 10.9 Å². The van der Waals surface area contributed by atoms with Crippen LogP contribution in [0.15, 0.2) is 29.3 Å². The Morgan fingerprint density at radius 3 is 2.39 bits per heavy atom. The number of carbonyl (C=O) groups excluding carboxylic acids is 1. The van der Waals surface area contributed by atoms with Crippen LogP contribution in [-0.2, 0) is 21.9 Å². The number of aromatic amines is 1. The van der Waals surface area contributed by atoms with Gasteiger partial charge < -0.3 is 14.5 Å². The van der Waals surface area contributed by atoms with Crippen molar-refractivity contribution in [3.63, 3.8) is 0 Å². The molecule has 0 saturated carbocycles. The highest BCUT2D eigenvalue weighted by molar-refractivity contribution is 5.80. The number of nitrogens with one attached hydrogen (secondary N) is 1. The number of aromatic nitrogens is 5. The molecule has 16 heteroatoms. The Morgan fingerprint density at radius 2 is 1.79 bits per heavy atom. The van der Waals surface area contributed by atoms with Gasteiger partial charge in [-0.15, -0.1) is 0 Å². The van der Waals surface area contributed by atoms with Gasteiger partial charge in [-0.2, -0.15) is 36.5 Å². The van der Waals surface area contributed by atoms with E-state index < -0.39 is 40.6 Å². The summed E-state index contributed by atoms with van der Waals surface area (Å²) in [6.07, 6.45) is -7.42. The van der Waals surface area contributed by atoms with E-state index in [1.54, 1.807) is 16.7 Å². The number of nitrogens with zero attached hydrogens (tertiary/aromatic N) is 6. The molecule has 0 bridgehead atoms. The van der Waals surface area contributed by atoms with Gasteiger partial charge in [-0.05, 0) is 19.1 Å². The number of carbonyl (C=O) groups is 1. The summed E-state index contributed by atoms with van der Waals surface area (Å²) >= 11 is 0. The minimum Gasteiger partial charge on any atom is -0.379 e. The summed E-state index contributed by atoms with van der Waals surface area (Å²) in [4.78, 5) is 31.7. The number of hydrogen-bond donors (Lipinski definition) is 1. The Bertz CT molecular complexity index is 1330. The number of anilines is 1. The minimum absolute atomic E-state index is 0.00795. The van der Waals surface area contributed by atoms with E-state index in [0.29, 0.717) is 32.0 Å². The highest BCUT2D eigenvalue weighted by Crippen LogP contribution is 2.33. The number of pyridine rings is 1. The van der Waals surface area contributed by atoms with Crippen LogP contribution in [0.5, 0.6) is 0 Å². The van der Waals surface area contributed by atoms with Crippen LogP contribution in [-0.4, -0.2) is 75.2 Å². The molecule has 1 N–H and O–H groups in total. The van der Waals surface area contributed by atoms with Gasteiger partial charge in [0.05, 0.1) is 43.0 Å². The summed E-state index contributed by atoms with van der Waals surface area (Å²) in [6, 6.07) is 1.57. The first-order chi connectivity index (χ1) is 17.9. The highest BCUT2D eigenvalue weighted by Gasteiger charge is 2.39. The molecule has 0 radical (unpaired) electrons. The molecule has 1 aliphatic heterocycles. The van der Waals surface area contributed by atoms with Crippen LogP contribution in [0, 0.1) is 0 Å². The first-order valence-electron chi connectivity index (χ1n) is 11.5. The second-order valence-corrected chi connectivity index (χ2v) is 8.69. The number of rotatable bonds is 7. The van der Waals surface area contributed by atoms with Crippen molar-refractivity contribution in [2.45, 2.75) is 31.7 Å². The monoisotopic (exact) mass is 547 g/mol. The Hall–Kier alpha value is -3.69. The second kappa shape index (κ2) is 10.6. The first kappa shape index (κ1) is 27.3. The molecule has 4 rings (SSSR count). The zero-order chi connectivity index (χ0) is 27.7. The van der Waals surface area contributed by atoms with Gasteiger partial charge in [0, 0.05) is 32.4 Å². The lowest BCUT2D eigenvalue weighted by Gasteiger charge is -2.35. The number of H-pyrrole nitrogens is 1. The molecule has 1 aliphatic rings. The van der Waals surface area contributed by atoms with Gasteiger partial charge in [0.1, 0.15) is 11.2 Å². The van der Waals surface area contributed by atoms with Crippen molar-refractivity contribution in [2.75, 3.05) is 44.3 Å². The summed E-state index contributed by atoms with van der Waals surface area (Å²) in [5, 5.41) is 8.48. The quantitative estimate of drug-likeness (QED) is 0.358. The smallest absolute Gasteiger partial charge is 0.379 e. The van der Waals surface area contributed by atoms with Crippen LogP contribution in [0.4, 0.5) is 32.2 Å². The molecule has 1 atom stereocenters. The third-order valence-electron chi connectivity index (χ3n) is 6.06. The summed E-state index contributed by atoms with van der Waals surface area (Å²) in [6.45, 7) is 2.98. The number of halogens is 6. The van der Waals surface area contributed by atoms with Crippen molar-refractivity contribution >= 4 is 22.6 Å². The van der Waals surface area contributed by atoms with Crippen LogP contribution in [0.3, 0.4) is 0 Å². The maximum absolute atomic E-state index is 13.4. The summed E-state index contributed by atoms with van der Waals surface area (Å²) in [5.41, 5.74) is -3.25. The lowest BCUT2D eigenvalue weighted by Crippen LogP contribution is -2.49. The van der Waals surface area contributed by atoms with Crippen molar-refractivity contribution in [2.24, 2.45) is 0 Å². The number of alkyl halides is 6. The predicted molar refractivity (Wildman–Crippen MR) is 121 cm³/mol. The van der Waals surface area contributed by atoms with Gasteiger partial charge in [0.2, 0.25) is 5.91 Å². The second-order valence-electron chi connectivity index (χ2n) is 8.69. The van der Waals surface area contributed by atoms with E-state index in [1.165, 1.54) is 6.07 Å². The fraction of sp³-hybridized carbons (Fsp3) is 0.500. The Balaban J connectivity index is 1.26. The number of hydrogen-bond acceptors (Lipinski definition) is 7. The molecule has 1 unspecified atom stereocenters. The lowest BCUT2D eigenvalue weighted by molar-refractivity contribution is -0.140. The molecule has 1 saturated heterocycles. The molecule has 3 aromatic heterocycles. The van der Waals surface area contributed by atoms with Crippen molar-refractivity contribution in [1.82, 2.24) is 29.9 Å². The van der Waals surface area contributed by atoms with E-state index >= 15 is 0 Å². The fourth-order valence-electron chi connectivity index (χ4n) is 4.11. The molecule has 0 aliphatic carbocycles. The van der Waals surface area contributed by atoms with Gasteiger partial charge in [-0.25, -0.2) is 10.1 Å². The Labute approximate surface area is 211 Å². The highest BCUT2D eigenvalue weighted by atomic mass is 19.4. The van der Waals surface area contributed by atoms with Crippen molar-refractivity contribution in [1.29, 1.82) is 0 Å². The zero-order valence-corrected chi connectivity index (χ0v) is 20.0. The molecule has 1 amide bonds. The summed E-state index contributed by atoms with van der Waals surface area (Å²) in [5.74, 6) is 0.191. The van der Waals surface area contributed by atoms with Gasteiger partial charge in [-0.3, -0.25) is 14.3 Å². The summed E-state index contributed by atoms with van der Waals surface area (Å²) < 4.78 is 84.7. The maximum atomic E-state index is 13.4. The molecule has 206 valence electrons. The molecular weight excluding hydrogens is 524 g/mol. The molecule has 4 heterocycles. The third-order valence-corrected chi connectivity index (χ3v) is 6.06. The Kier molecular flexibility index (Phi) is 7.62. The van der Waals surface area contributed by atoms with E-state index in [4.69, 9.17) is 4.74 Å². The average molecular weight is 547 g/mol. The topological polar surface area (TPSA) is 109 Å². The van der Waals surface area contributed by atoms with Crippen molar-refractivity contribution in [3.8, 4) is 0 Å². The van der Waals surface area contributed by atoms with Crippen LogP contribution < -0.4 is 10.5 Å². The molecule has 0 aromatic carbocycles. The molecule has 1 fully saturated rings. The number of amides is 1. The van der Waals surface area contributed by atoms with E-state index in [2.05, 4.69) is 15.2 Å². The third kappa shape index (κ3) is 5.89. The molecule has 38 heavy (non-hydrogen) atoms. The van der Waals surface area contributed by atoms with E-state index in [0.717, 1.165) is 23.1 Å². The van der Waals surface area contributed by atoms with Gasteiger partial charge in [0.25, 0.3) is 5.56 Å².